The van der Waals surface area contributed by atoms with Gasteiger partial charge in [-0.2, -0.15) is 0 Å². The van der Waals surface area contributed by atoms with E-state index < -0.39 is 5.41 Å². The van der Waals surface area contributed by atoms with Crippen molar-refractivity contribution in [1.82, 2.24) is 9.13 Å². The summed E-state index contributed by atoms with van der Waals surface area (Å²) in [6.07, 6.45) is 0. The van der Waals surface area contributed by atoms with Crippen LogP contribution in [0.15, 0.2) is 243 Å². The molecule has 10 aromatic carbocycles. The molecule has 0 spiro atoms. The molecule has 0 radical (unpaired) electrons. The first kappa shape index (κ1) is 35.5. The van der Waals surface area contributed by atoms with Gasteiger partial charge in [0.1, 0.15) is 0 Å². The number of hydrogen-bond acceptors (Lipinski definition) is 0. The van der Waals surface area contributed by atoms with Gasteiger partial charge < -0.3 is 9.13 Å². The highest BCUT2D eigenvalue weighted by Gasteiger charge is 2.46. The number of para-hydroxylation sites is 3. The standard InChI is InChI=1S/C61H40N2/c1-3-15-45(16-4-1)61(46-17-5-2-6-18-46)55-23-11-7-19-49(55)50-37-36-48(40-56(50)61)63-59-26-14-10-22-53(59)54-39-44(33-38-60(54)63)43-29-27-41(28-30-43)42-31-34-47(35-32-42)62-57-24-12-8-20-51(57)52-21-9-13-25-58(52)62/h1-40H. The third-order valence-corrected chi connectivity index (χ3v) is 13.6. The summed E-state index contributed by atoms with van der Waals surface area (Å²) in [6.45, 7) is 0. The predicted molar refractivity (Wildman–Crippen MR) is 263 cm³/mol. The van der Waals surface area contributed by atoms with E-state index >= 15 is 0 Å². The Morgan fingerprint density at radius 3 is 1.27 bits per heavy atom. The van der Waals surface area contributed by atoms with Crippen molar-refractivity contribution in [3.8, 4) is 44.8 Å². The van der Waals surface area contributed by atoms with E-state index in [1.807, 2.05) is 0 Å². The summed E-state index contributed by atoms with van der Waals surface area (Å²) in [5.74, 6) is 0. The van der Waals surface area contributed by atoms with Crippen molar-refractivity contribution >= 4 is 43.6 Å². The monoisotopic (exact) mass is 800 g/mol. The van der Waals surface area contributed by atoms with E-state index in [9.17, 15) is 0 Å². The number of nitrogens with zero attached hydrogens (tertiary/aromatic N) is 2. The number of benzene rings is 10. The highest BCUT2D eigenvalue weighted by Crippen LogP contribution is 2.56. The van der Waals surface area contributed by atoms with Crippen molar-refractivity contribution in [3.05, 3.63) is 265 Å². The van der Waals surface area contributed by atoms with Crippen LogP contribution >= 0.6 is 0 Å². The minimum atomic E-state index is -0.461. The van der Waals surface area contributed by atoms with E-state index in [0.29, 0.717) is 0 Å². The number of fused-ring (bicyclic) bond motifs is 9. The van der Waals surface area contributed by atoms with Gasteiger partial charge in [0.15, 0.2) is 0 Å². The molecule has 2 heteroatoms. The van der Waals surface area contributed by atoms with Crippen molar-refractivity contribution in [2.45, 2.75) is 5.41 Å². The summed E-state index contributed by atoms with van der Waals surface area (Å²) in [5, 5.41) is 5.04. The van der Waals surface area contributed by atoms with Gasteiger partial charge >= 0.3 is 0 Å². The average Bonchev–Trinajstić information content (AvgIpc) is 3.98. The molecule has 13 rings (SSSR count). The van der Waals surface area contributed by atoms with Crippen LogP contribution in [-0.2, 0) is 5.41 Å². The zero-order chi connectivity index (χ0) is 41.5. The highest BCUT2D eigenvalue weighted by molar-refractivity contribution is 6.11. The van der Waals surface area contributed by atoms with Crippen LogP contribution in [0, 0.1) is 0 Å². The Kier molecular flexibility index (Phi) is 7.85. The Bertz CT molecular complexity index is 3610. The summed E-state index contributed by atoms with van der Waals surface area (Å²) in [5.41, 5.74) is 19.3. The molecule has 1 aliphatic carbocycles. The second-order valence-electron chi connectivity index (χ2n) is 16.8. The molecule has 0 saturated carbocycles. The van der Waals surface area contributed by atoms with E-state index in [1.165, 1.54) is 99.2 Å². The molecule has 0 atom stereocenters. The smallest absolute Gasteiger partial charge is 0.0714 e. The molecule has 294 valence electrons. The maximum Gasteiger partial charge on any atom is 0.0714 e. The van der Waals surface area contributed by atoms with Gasteiger partial charge in [0.25, 0.3) is 0 Å². The fourth-order valence-electron chi connectivity index (χ4n) is 10.9. The number of aromatic nitrogens is 2. The molecule has 2 nitrogen and oxygen atoms in total. The van der Waals surface area contributed by atoms with Crippen molar-refractivity contribution in [3.63, 3.8) is 0 Å². The molecule has 0 fully saturated rings. The van der Waals surface area contributed by atoms with Crippen LogP contribution in [0.3, 0.4) is 0 Å². The van der Waals surface area contributed by atoms with Gasteiger partial charge in [0.2, 0.25) is 0 Å². The molecular formula is C61H40N2. The molecule has 2 aromatic heterocycles. The Hall–Kier alpha value is -8.20. The second kappa shape index (κ2) is 13.9. The van der Waals surface area contributed by atoms with Crippen LogP contribution in [-0.4, -0.2) is 9.13 Å². The van der Waals surface area contributed by atoms with Crippen LogP contribution in [0.4, 0.5) is 0 Å². The molecule has 0 unspecified atom stereocenters. The fraction of sp³-hybridized carbons (Fsp3) is 0.0164. The van der Waals surface area contributed by atoms with Crippen LogP contribution in [0.1, 0.15) is 22.3 Å². The zero-order valence-corrected chi connectivity index (χ0v) is 34.5. The van der Waals surface area contributed by atoms with Gasteiger partial charge in [0, 0.05) is 32.9 Å². The van der Waals surface area contributed by atoms with Crippen molar-refractivity contribution in [2.75, 3.05) is 0 Å². The third kappa shape index (κ3) is 5.25. The summed E-state index contributed by atoms with van der Waals surface area (Å²) in [4.78, 5) is 0. The molecular weight excluding hydrogens is 761 g/mol. The molecule has 1 aliphatic rings. The quantitative estimate of drug-likeness (QED) is 0.159. The SMILES string of the molecule is c1ccc(C2(c3ccccc3)c3ccccc3-c3ccc(-n4c5ccccc5c5cc(-c6ccc(-c7ccc(-n8c9ccccc9c9ccccc98)cc7)cc6)ccc54)cc32)cc1. The topological polar surface area (TPSA) is 9.86 Å². The van der Waals surface area contributed by atoms with Gasteiger partial charge in [-0.15, -0.1) is 0 Å². The normalized spacial score (nSPS) is 12.9. The van der Waals surface area contributed by atoms with Crippen LogP contribution in [0.25, 0.3) is 88.4 Å². The second-order valence-corrected chi connectivity index (χ2v) is 16.8. The minimum absolute atomic E-state index is 0.461. The van der Waals surface area contributed by atoms with Crippen LogP contribution in [0.5, 0.6) is 0 Å². The van der Waals surface area contributed by atoms with E-state index in [2.05, 4.69) is 252 Å². The Morgan fingerprint density at radius 2 is 0.667 bits per heavy atom. The lowest BCUT2D eigenvalue weighted by molar-refractivity contribution is 0.767. The average molecular weight is 801 g/mol. The van der Waals surface area contributed by atoms with Gasteiger partial charge in [-0.3, -0.25) is 0 Å². The summed E-state index contributed by atoms with van der Waals surface area (Å²) in [7, 11) is 0. The van der Waals surface area contributed by atoms with Crippen molar-refractivity contribution < 1.29 is 0 Å². The maximum atomic E-state index is 2.46. The molecule has 0 bridgehead atoms. The maximum absolute atomic E-state index is 2.46. The lowest BCUT2D eigenvalue weighted by Crippen LogP contribution is -2.28. The van der Waals surface area contributed by atoms with E-state index in [0.717, 1.165) is 11.4 Å². The van der Waals surface area contributed by atoms with Crippen molar-refractivity contribution in [2.24, 2.45) is 0 Å². The molecule has 0 aliphatic heterocycles. The predicted octanol–water partition coefficient (Wildman–Crippen LogP) is 15.6. The first-order chi connectivity index (χ1) is 31.3. The zero-order valence-electron chi connectivity index (χ0n) is 34.5. The third-order valence-electron chi connectivity index (χ3n) is 13.6. The molecule has 0 amide bonds. The molecule has 63 heavy (non-hydrogen) atoms. The van der Waals surface area contributed by atoms with Gasteiger partial charge in [0.05, 0.1) is 27.5 Å². The number of rotatable bonds is 6. The van der Waals surface area contributed by atoms with Gasteiger partial charge in [-0.25, -0.2) is 0 Å². The van der Waals surface area contributed by atoms with E-state index in [-0.39, 0.29) is 0 Å². The highest BCUT2D eigenvalue weighted by atomic mass is 15.0. The Morgan fingerprint density at radius 1 is 0.254 bits per heavy atom. The summed E-state index contributed by atoms with van der Waals surface area (Å²) < 4.78 is 4.83. The molecule has 0 N–H and O–H groups in total. The largest absolute Gasteiger partial charge is 0.309 e. The van der Waals surface area contributed by atoms with E-state index in [4.69, 9.17) is 0 Å². The summed E-state index contributed by atoms with van der Waals surface area (Å²) >= 11 is 0. The first-order valence-electron chi connectivity index (χ1n) is 21.8. The molecule has 2 heterocycles. The number of hydrogen-bond donors (Lipinski definition) is 0. The lowest BCUT2D eigenvalue weighted by Gasteiger charge is -2.34. The van der Waals surface area contributed by atoms with Crippen LogP contribution in [0.2, 0.25) is 0 Å². The summed E-state index contributed by atoms with van der Waals surface area (Å²) in [6, 6.07) is 89.4. The van der Waals surface area contributed by atoms with Crippen molar-refractivity contribution in [1.29, 1.82) is 0 Å². The van der Waals surface area contributed by atoms with Crippen LogP contribution < -0.4 is 0 Å². The Balaban J connectivity index is 0.891. The molecule has 0 saturated heterocycles. The van der Waals surface area contributed by atoms with Gasteiger partial charge in [-0.1, -0.05) is 188 Å². The van der Waals surface area contributed by atoms with E-state index in [1.54, 1.807) is 0 Å². The first-order valence-corrected chi connectivity index (χ1v) is 21.8. The molecule has 12 aromatic rings. The Labute approximate surface area is 366 Å². The fourth-order valence-corrected chi connectivity index (χ4v) is 10.9. The van der Waals surface area contributed by atoms with Gasteiger partial charge in [-0.05, 0) is 110 Å². The lowest BCUT2D eigenvalue weighted by atomic mass is 9.67. The minimum Gasteiger partial charge on any atom is -0.309 e.